The molecule has 0 aromatic carbocycles. The molecular formula is C10H12ClN3O4S. The van der Waals surface area contributed by atoms with E-state index in [-0.39, 0.29) is 28.2 Å². The Bertz CT molecular complexity index is 538. The van der Waals surface area contributed by atoms with Gasteiger partial charge >= 0.3 is 0 Å². The molecule has 1 aromatic rings. The number of nitrogens with zero attached hydrogens (tertiary/aromatic N) is 2. The summed E-state index contributed by atoms with van der Waals surface area (Å²) in [4.78, 5) is 25.4. The standard InChI is InChI=1S/C10H12ClN3O4S/c1-6(5-19(2)18)13-10(15)8-3-7(14(16)17)4-12-9(8)11/h3-4,6H,5H2,1-2H3,(H,13,15). The van der Waals surface area contributed by atoms with Gasteiger partial charge in [0.2, 0.25) is 0 Å². The van der Waals surface area contributed by atoms with Crippen LogP contribution in [0.1, 0.15) is 17.3 Å². The Hall–Kier alpha value is -1.54. The van der Waals surface area contributed by atoms with Gasteiger partial charge in [-0.2, -0.15) is 0 Å². The SMILES string of the molecule is CC(CS(C)=O)NC(=O)c1cc([N+](=O)[O-])cnc1Cl. The highest BCUT2D eigenvalue weighted by molar-refractivity contribution is 7.84. The van der Waals surface area contributed by atoms with E-state index in [4.69, 9.17) is 11.6 Å². The van der Waals surface area contributed by atoms with Crippen molar-refractivity contribution < 1.29 is 13.9 Å². The lowest BCUT2D eigenvalue weighted by Crippen LogP contribution is -2.36. The average molecular weight is 306 g/mol. The molecular weight excluding hydrogens is 294 g/mol. The van der Waals surface area contributed by atoms with Crippen LogP contribution in [0.4, 0.5) is 5.69 Å². The Balaban J connectivity index is 2.90. The maximum Gasteiger partial charge on any atom is 0.288 e. The summed E-state index contributed by atoms with van der Waals surface area (Å²) in [5.74, 6) is -0.301. The van der Waals surface area contributed by atoms with Gasteiger partial charge in [-0.05, 0) is 6.92 Å². The van der Waals surface area contributed by atoms with Crippen LogP contribution in [0.2, 0.25) is 5.15 Å². The minimum absolute atomic E-state index is 0.0791. The van der Waals surface area contributed by atoms with Crippen molar-refractivity contribution >= 4 is 34.0 Å². The van der Waals surface area contributed by atoms with E-state index in [1.165, 1.54) is 6.26 Å². The van der Waals surface area contributed by atoms with Crippen molar-refractivity contribution in [2.24, 2.45) is 0 Å². The van der Waals surface area contributed by atoms with Gasteiger partial charge in [-0.1, -0.05) is 11.6 Å². The molecule has 9 heteroatoms. The number of aromatic nitrogens is 1. The molecule has 1 heterocycles. The summed E-state index contributed by atoms with van der Waals surface area (Å²) in [7, 11) is -1.06. The summed E-state index contributed by atoms with van der Waals surface area (Å²) < 4.78 is 11.0. The molecule has 0 saturated heterocycles. The molecule has 0 spiro atoms. The third-order valence-electron chi connectivity index (χ3n) is 2.14. The summed E-state index contributed by atoms with van der Waals surface area (Å²) >= 11 is 5.73. The topological polar surface area (TPSA) is 102 Å². The molecule has 2 unspecified atom stereocenters. The predicted octanol–water partition coefficient (Wildman–Crippen LogP) is 1.14. The zero-order valence-corrected chi connectivity index (χ0v) is 11.8. The number of nitrogens with one attached hydrogen (secondary N) is 1. The summed E-state index contributed by atoms with van der Waals surface area (Å²) in [6, 6.07) is 0.717. The first-order valence-electron chi connectivity index (χ1n) is 5.22. The number of pyridine rings is 1. The van der Waals surface area contributed by atoms with Crippen molar-refractivity contribution in [3.8, 4) is 0 Å². The van der Waals surface area contributed by atoms with Crippen LogP contribution in [0.5, 0.6) is 0 Å². The molecule has 1 rings (SSSR count). The first-order chi connectivity index (χ1) is 8.81. The van der Waals surface area contributed by atoms with Gasteiger partial charge in [0.1, 0.15) is 11.3 Å². The molecule has 0 radical (unpaired) electrons. The largest absolute Gasteiger partial charge is 0.349 e. The van der Waals surface area contributed by atoms with Gasteiger partial charge in [0, 0.05) is 34.9 Å². The number of hydrogen-bond acceptors (Lipinski definition) is 5. The van der Waals surface area contributed by atoms with Crippen molar-refractivity contribution in [2.75, 3.05) is 12.0 Å². The highest BCUT2D eigenvalue weighted by atomic mass is 35.5. The molecule has 0 saturated carbocycles. The monoisotopic (exact) mass is 305 g/mol. The number of halogens is 1. The maximum absolute atomic E-state index is 11.9. The number of rotatable bonds is 5. The van der Waals surface area contributed by atoms with Crippen molar-refractivity contribution in [1.29, 1.82) is 0 Å². The van der Waals surface area contributed by atoms with E-state index in [1.807, 2.05) is 0 Å². The van der Waals surface area contributed by atoms with Crippen LogP contribution >= 0.6 is 11.6 Å². The van der Waals surface area contributed by atoms with Crippen LogP contribution in [0.3, 0.4) is 0 Å². The van der Waals surface area contributed by atoms with Crippen molar-refractivity contribution in [3.05, 3.63) is 33.1 Å². The van der Waals surface area contributed by atoms with Crippen molar-refractivity contribution in [1.82, 2.24) is 10.3 Å². The summed E-state index contributed by atoms with van der Waals surface area (Å²) in [6.45, 7) is 1.68. The molecule has 1 amide bonds. The van der Waals surface area contributed by atoms with Crippen LogP contribution in [-0.4, -0.2) is 38.1 Å². The zero-order valence-electron chi connectivity index (χ0n) is 10.3. The second kappa shape index (κ2) is 6.58. The lowest BCUT2D eigenvalue weighted by molar-refractivity contribution is -0.385. The second-order valence-electron chi connectivity index (χ2n) is 3.90. The molecule has 104 valence electrons. The minimum Gasteiger partial charge on any atom is -0.349 e. The Morgan fingerprint density at radius 1 is 1.68 bits per heavy atom. The van der Waals surface area contributed by atoms with E-state index in [9.17, 15) is 19.1 Å². The number of hydrogen-bond donors (Lipinski definition) is 1. The summed E-state index contributed by atoms with van der Waals surface area (Å²) in [6.07, 6.45) is 2.49. The first-order valence-corrected chi connectivity index (χ1v) is 7.32. The predicted molar refractivity (Wildman–Crippen MR) is 71.8 cm³/mol. The van der Waals surface area contributed by atoms with Gasteiger partial charge < -0.3 is 5.32 Å². The lowest BCUT2D eigenvalue weighted by atomic mass is 10.2. The fourth-order valence-electron chi connectivity index (χ4n) is 1.39. The molecule has 0 fully saturated rings. The van der Waals surface area contributed by atoms with Gasteiger partial charge in [0.05, 0.1) is 10.5 Å². The van der Waals surface area contributed by atoms with E-state index in [0.29, 0.717) is 0 Å². The van der Waals surface area contributed by atoms with E-state index in [1.54, 1.807) is 6.92 Å². The number of amides is 1. The molecule has 19 heavy (non-hydrogen) atoms. The molecule has 0 aliphatic heterocycles. The molecule has 1 aromatic heterocycles. The van der Waals surface area contributed by atoms with Crippen LogP contribution in [0.15, 0.2) is 12.3 Å². The maximum atomic E-state index is 11.9. The average Bonchev–Trinajstić information content (AvgIpc) is 2.27. The Morgan fingerprint density at radius 2 is 2.32 bits per heavy atom. The number of carbonyl (C=O) groups excluding carboxylic acids is 1. The van der Waals surface area contributed by atoms with E-state index in [0.717, 1.165) is 12.3 Å². The minimum atomic E-state index is -1.06. The fourth-order valence-corrected chi connectivity index (χ4v) is 2.37. The van der Waals surface area contributed by atoms with E-state index < -0.39 is 21.6 Å². The third kappa shape index (κ3) is 4.56. The molecule has 0 aliphatic rings. The van der Waals surface area contributed by atoms with Crippen LogP contribution in [0.25, 0.3) is 0 Å². The van der Waals surface area contributed by atoms with Gasteiger partial charge in [-0.3, -0.25) is 19.1 Å². The van der Waals surface area contributed by atoms with Crippen LogP contribution in [0, 0.1) is 10.1 Å². The highest BCUT2D eigenvalue weighted by Crippen LogP contribution is 2.19. The van der Waals surface area contributed by atoms with Gasteiger partial charge in [0.15, 0.2) is 0 Å². The van der Waals surface area contributed by atoms with Gasteiger partial charge in [-0.25, -0.2) is 4.98 Å². The molecule has 1 N–H and O–H groups in total. The molecule has 0 bridgehead atoms. The van der Waals surface area contributed by atoms with Crippen molar-refractivity contribution in [3.63, 3.8) is 0 Å². The smallest absolute Gasteiger partial charge is 0.288 e. The molecule has 7 nitrogen and oxygen atoms in total. The van der Waals surface area contributed by atoms with Crippen molar-refractivity contribution in [2.45, 2.75) is 13.0 Å². The van der Waals surface area contributed by atoms with E-state index >= 15 is 0 Å². The van der Waals surface area contributed by atoms with Crippen LogP contribution in [-0.2, 0) is 10.8 Å². The fraction of sp³-hybridized carbons (Fsp3) is 0.400. The zero-order chi connectivity index (χ0) is 14.6. The van der Waals surface area contributed by atoms with Gasteiger partial charge in [0.25, 0.3) is 11.6 Å². The van der Waals surface area contributed by atoms with Crippen LogP contribution < -0.4 is 5.32 Å². The Morgan fingerprint density at radius 3 is 2.84 bits per heavy atom. The second-order valence-corrected chi connectivity index (χ2v) is 5.74. The Labute approximate surface area is 117 Å². The Kier molecular flexibility index (Phi) is 5.37. The third-order valence-corrected chi connectivity index (χ3v) is 3.41. The summed E-state index contributed by atoms with van der Waals surface area (Å²) in [5.41, 5.74) is -0.397. The number of nitro groups is 1. The highest BCUT2D eigenvalue weighted by Gasteiger charge is 2.18. The number of carbonyl (C=O) groups is 1. The van der Waals surface area contributed by atoms with Gasteiger partial charge in [-0.15, -0.1) is 0 Å². The summed E-state index contributed by atoms with van der Waals surface area (Å²) in [5, 5.41) is 13.0. The quantitative estimate of drug-likeness (QED) is 0.499. The first kappa shape index (κ1) is 15.5. The molecule has 0 aliphatic carbocycles. The lowest BCUT2D eigenvalue weighted by Gasteiger charge is -2.12. The normalized spacial score (nSPS) is 13.6. The van der Waals surface area contributed by atoms with E-state index in [2.05, 4.69) is 10.3 Å². The molecule has 2 atom stereocenters.